The molecule has 1 amide bonds. The minimum absolute atomic E-state index is 0.0149. The van der Waals surface area contributed by atoms with Crippen LogP contribution in [-0.4, -0.2) is 45.1 Å². The van der Waals surface area contributed by atoms with Crippen LogP contribution in [0.2, 0.25) is 5.02 Å². The van der Waals surface area contributed by atoms with Crippen LogP contribution in [0.4, 0.5) is 0 Å². The SMILES string of the molecule is COc1ccc2c(c1)c(CC(=O)NCCOc1ccc(S(N)(=O)=O)cc1)c(C)n2C(=O)c1ccc(Cl)cc1. The minimum atomic E-state index is -3.78. The Hall–Kier alpha value is -3.86. The van der Waals surface area contributed by atoms with Gasteiger partial charge in [-0.15, -0.1) is 0 Å². The van der Waals surface area contributed by atoms with E-state index in [1.165, 1.54) is 24.3 Å². The van der Waals surface area contributed by atoms with Crippen LogP contribution in [0.25, 0.3) is 10.9 Å². The predicted molar refractivity (Wildman–Crippen MR) is 144 cm³/mol. The zero-order valence-corrected chi connectivity index (χ0v) is 22.3. The molecule has 0 bridgehead atoms. The summed E-state index contributed by atoms with van der Waals surface area (Å²) < 4.78 is 35.2. The molecule has 0 radical (unpaired) electrons. The van der Waals surface area contributed by atoms with Crippen molar-refractivity contribution in [1.82, 2.24) is 9.88 Å². The summed E-state index contributed by atoms with van der Waals surface area (Å²) in [5.41, 5.74) is 2.49. The van der Waals surface area contributed by atoms with Crippen molar-refractivity contribution < 1.29 is 27.5 Å². The van der Waals surface area contributed by atoms with E-state index in [4.69, 9.17) is 26.2 Å². The number of nitrogens with two attached hydrogens (primary N) is 1. The molecule has 0 saturated heterocycles. The molecule has 0 saturated carbocycles. The number of halogens is 1. The van der Waals surface area contributed by atoms with Gasteiger partial charge in [0.1, 0.15) is 18.1 Å². The van der Waals surface area contributed by atoms with E-state index in [-0.39, 0.29) is 36.3 Å². The molecule has 198 valence electrons. The van der Waals surface area contributed by atoms with Gasteiger partial charge in [-0.05, 0) is 79.2 Å². The molecule has 11 heteroatoms. The smallest absolute Gasteiger partial charge is 0.262 e. The fourth-order valence-corrected chi connectivity index (χ4v) is 4.75. The number of nitrogens with one attached hydrogen (secondary N) is 1. The van der Waals surface area contributed by atoms with Gasteiger partial charge in [0.15, 0.2) is 0 Å². The van der Waals surface area contributed by atoms with Crippen LogP contribution in [0.5, 0.6) is 11.5 Å². The Kier molecular flexibility index (Phi) is 8.05. The first kappa shape index (κ1) is 27.2. The Bertz CT molecular complexity index is 1600. The molecule has 0 aliphatic rings. The van der Waals surface area contributed by atoms with Crippen molar-refractivity contribution in [2.45, 2.75) is 18.2 Å². The number of carbonyl (C=O) groups is 2. The number of hydrogen-bond acceptors (Lipinski definition) is 6. The number of rotatable bonds is 9. The number of hydrogen-bond donors (Lipinski definition) is 2. The van der Waals surface area contributed by atoms with Crippen molar-refractivity contribution in [2.24, 2.45) is 5.14 Å². The van der Waals surface area contributed by atoms with Crippen molar-refractivity contribution in [3.63, 3.8) is 0 Å². The molecular weight excluding hydrogens is 530 g/mol. The topological polar surface area (TPSA) is 130 Å². The minimum Gasteiger partial charge on any atom is -0.497 e. The average molecular weight is 556 g/mol. The van der Waals surface area contributed by atoms with Crippen LogP contribution < -0.4 is 19.9 Å². The molecule has 0 spiro atoms. The number of benzene rings is 3. The number of carbonyl (C=O) groups excluding carboxylic acids is 2. The normalized spacial score (nSPS) is 11.4. The van der Waals surface area contributed by atoms with Gasteiger partial charge in [-0.1, -0.05) is 11.6 Å². The summed E-state index contributed by atoms with van der Waals surface area (Å²) in [5, 5.41) is 9.18. The second-order valence-electron chi connectivity index (χ2n) is 8.49. The molecule has 4 aromatic rings. The zero-order chi connectivity index (χ0) is 27.4. The van der Waals surface area contributed by atoms with E-state index in [1.807, 2.05) is 6.07 Å². The number of fused-ring (bicyclic) bond motifs is 1. The third kappa shape index (κ3) is 5.99. The summed E-state index contributed by atoms with van der Waals surface area (Å²) in [6.45, 7) is 2.20. The lowest BCUT2D eigenvalue weighted by Gasteiger charge is -2.09. The Morgan fingerprint density at radius 3 is 2.29 bits per heavy atom. The van der Waals surface area contributed by atoms with Gasteiger partial charge in [0, 0.05) is 21.7 Å². The molecule has 1 aromatic heterocycles. The fraction of sp³-hybridized carbons (Fsp3) is 0.185. The Morgan fingerprint density at radius 2 is 1.66 bits per heavy atom. The summed E-state index contributed by atoms with van der Waals surface area (Å²) in [5.74, 6) is 0.570. The standard InChI is InChI=1S/C27H26ClN3O6S/c1-17-23(16-26(32)30-13-14-37-20-7-10-22(11-8-20)38(29,34)35)24-15-21(36-2)9-12-25(24)31(17)27(33)18-3-5-19(28)6-4-18/h3-12,15H,13-14,16H2,1-2H3,(H,30,32)(H2,29,34,35). The molecule has 3 aromatic carbocycles. The van der Waals surface area contributed by atoms with Gasteiger partial charge in [-0.25, -0.2) is 13.6 Å². The van der Waals surface area contributed by atoms with Gasteiger partial charge in [-0.2, -0.15) is 0 Å². The third-order valence-electron chi connectivity index (χ3n) is 6.02. The number of nitrogens with zero attached hydrogens (tertiary/aromatic N) is 1. The molecule has 0 aliphatic heterocycles. The molecule has 0 aliphatic carbocycles. The van der Waals surface area contributed by atoms with Crippen LogP contribution in [0.15, 0.2) is 71.6 Å². The number of ether oxygens (including phenoxy) is 2. The molecule has 0 unspecified atom stereocenters. The second-order valence-corrected chi connectivity index (χ2v) is 10.5. The van der Waals surface area contributed by atoms with Gasteiger partial charge < -0.3 is 14.8 Å². The van der Waals surface area contributed by atoms with Crippen LogP contribution in [0.3, 0.4) is 0 Å². The first-order chi connectivity index (χ1) is 18.1. The third-order valence-corrected chi connectivity index (χ3v) is 7.20. The molecule has 0 atom stereocenters. The Balaban J connectivity index is 1.48. The van der Waals surface area contributed by atoms with E-state index in [2.05, 4.69) is 5.32 Å². The number of amides is 1. The molecule has 38 heavy (non-hydrogen) atoms. The van der Waals surface area contributed by atoms with E-state index >= 15 is 0 Å². The molecule has 1 heterocycles. The number of methoxy groups -OCH3 is 1. The van der Waals surface area contributed by atoms with Crippen LogP contribution in [0.1, 0.15) is 21.6 Å². The number of aromatic nitrogens is 1. The van der Waals surface area contributed by atoms with Crippen molar-refractivity contribution >= 4 is 44.3 Å². The Labute approximate surface area is 225 Å². The lowest BCUT2D eigenvalue weighted by atomic mass is 10.1. The average Bonchev–Trinajstić information content (AvgIpc) is 3.16. The van der Waals surface area contributed by atoms with E-state index in [9.17, 15) is 18.0 Å². The summed E-state index contributed by atoms with van der Waals surface area (Å²) in [4.78, 5) is 26.2. The first-order valence-electron chi connectivity index (χ1n) is 11.6. The summed E-state index contributed by atoms with van der Waals surface area (Å²) in [6, 6.07) is 17.7. The highest BCUT2D eigenvalue weighted by Gasteiger charge is 2.22. The number of primary sulfonamides is 1. The summed E-state index contributed by atoms with van der Waals surface area (Å²) in [7, 11) is -2.23. The monoisotopic (exact) mass is 555 g/mol. The van der Waals surface area contributed by atoms with Crippen LogP contribution in [0, 0.1) is 6.92 Å². The highest BCUT2D eigenvalue weighted by molar-refractivity contribution is 7.89. The summed E-state index contributed by atoms with van der Waals surface area (Å²) >= 11 is 5.98. The van der Waals surface area contributed by atoms with Gasteiger partial charge in [0.2, 0.25) is 15.9 Å². The van der Waals surface area contributed by atoms with Crippen molar-refractivity contribution in [3.05, 3.63) is 88.6 Å². The molecule has 3 N–H and O–H groups in total. The maximum Gasteiger partial charge on any atom is 0.262 e. The van der Waals surface area contributed by atoms with Gasteiger partial charge in [-0.3, -0.25) is 14.2 Å². The van der Waals surface area contributed by atoms with E-state index < -0.39 is 10.0 Å². The van der Waals surface area contributed by atoms with Gasteiger partial charge in [0.25, 0.3) is 5.91 Å². The van der Waals surface area contributed by atoms with Crippen molar-refractivity contribution in [3.8, 4) is 11.5 Å². The van der Waals surface area contributed by atoms with Gasteiger partial charge in [0.05, 0.1) is 30.5 Å². The molecule has 0 fully saturated rings. The summed E-state index contributed by atoms with van der Waals surface area (Å²) in [6.07, 6.45) is 0.0411. The molecular formula is C27H26ClN3O6S. The highest BCUT2D eigenvalue weighted by Crippen LogP contribution is 2.31. The Morgan fingerprint density at radius 1 is 1.00 bits per heavy atom. The number of sulfonamides is 1. The fourth-order valence-electron chi connectivity index (χ4n) is 4.10. The second kappa shape index (κ2) is 11.3. The van der Waals surface area contributed by atoms with Gasteiger partial charge >= 0.3 is 0 Å². The predicted octanol–water partition coefficient (Wildman–Crippen LogP) is 3.69. The zero-order valence-electron chi connectivity index (χ0n) is 20.7. The molecule has 9 nitrogen and oxygen atoms in total. The lowest BCUT2D eigenvalue weighted by Crippen LogP contribution is -2.29. The van der Waals surface area contributed by atoms with E-state index in [0.717, 1.165) is 5.39 Å². The maximum atomic E-state index is 13.4. The first-order valence-corrected chi connectivity index (χ1v) is 13.5. The highest BCUT2D eigenvalue weighted by atomic mass is 35.5. The maximum absolute atomic E-state index is 13.4. The largest absolute Gasteiger partial charge is 0.497 e. The van der Waals surface area contributed by atoms with Crippen LogP contribution in [-0.2, 0) is 21.2 Å². The van der Waals surface area contributed by atoms with E-state index in [1.54, 1.807) is 55.0 Å². The van der Waals surface area contributed by atoms with Crippen molar-refractivity contribution in [2.75, 3.05) is 20.3 Å². The quantitative estimate of drug-likeness (QED) is 0.303. The molecule has 4 rings (SSSR count). The van der Waals surface area contributed by atoms with Crippen molar-refractivity contribution in [1.29, 1.82) is 0 Å². The van der Waals surface area contributed by atoms with E-state index in [0.29, 0.717) is 38.9 Å². The van der Waals surface area contributed by atoms with Crippen LogP contribution >= 0.6 is 11.6 Å². The lowest BCUT2D eigenvalue weighted by molar-refractivity contribution is -0.120.